The van der Waals surface area contributed by atoms with Crippen molar-refractivity contribution in [1.29, 1.82) is 5.26 Å². The molecule has 0 atom stereocenters. The Morgan fingerprint density at radius 3 is 2.39 bits per heavy atom. The van der Waals surface area contributed by atoms with Crippen molar-refractivity contribution in [1.82, 2.24) is 4.31 Å². The normalized spacial score (nSPS) is 10.2. The fourth-order valence-corrected chi connectivity index (χ4v) is 3.14. The molecule has 0 aliphatic carbocycles. The third-order valence-corrected chi connectivity index (χ3v) is 4.35. The number of nitrogens with zero attached hydrogens (tertiary/aromatic N) is 4. The highest BCUT2D eigenvalue weighted by Gasteiger charge is 2.29. The smallest absolute Gasteiger partial charge is 0.287 e. The van der Waals surface area contributed by atoms with Gasteiger partial charge in [-0.2, -0.15) is 5.26 Å². The minimum absolute atomic E-state index is 0.0619. The van der Waals surface area contributed by atoms with Crippen LogP contribution < -0.4 is 0 Å². The highest BCUT2D eigenvalue weighted by atomic mass is 32.2. The molecule has 0 aromatic heterocycles. The van der Waals surface area contributed by atoms with E-state index in [0.717, 1.165) is 12.1 Å². The fraction of sp³-hybridized carbons (Fsp3) is 0.385. The Morgan fingerprint density at radius 1 is 1.39 bits per heavy atom. The number of benzene rings is 1. The molecule has 1 aromatic rings. The number of thiocarbonyl (C=S) groups is 1. The summed E-state index contributed by atoms with van der Waals surface area (Å²) in [4.78, 5) is 20.8. The Kier molecular flexibility index (Phi) is 6.41. The van der Waals surface area contributed by atoms with Gasteiger partial charge in [-0.05, 0) is 18.9 Å². The first-order valence-corrected chi connectivity index (χ1v) is 7.82. The molecule has 122 valence electrons. The number of nitro groups is 2. The third-order valence-electron chi connectivity index (χ3n) is 2.70. The molecule has 0 amide bonds. The van der Waals surface area contributed by atoms with Crippen LogP contribution in [-0.4, -0.2) is 30.9 Å². The van der Waals surface area contributed by atoms with Crippen LogP contribution in [0.5, 0.6) is 0 Å². The van der Waals surface area contributed by atoms with Gasteiger partial charge in [-0.15, -0.1) is 0 Å². The number of rotatable bonds is 6. The van der Waals surface area contributed by atoms with Gasteiger partial charge in [0.2, 0.25) is 0 Å². The van der Waals surface area contributed by atoms with E-state index in [1.165, 1.54) is 11.9 Å². The van der Waals surface area contributed by atoms with Crippen LogP contribution in [0, 0.1) is 31.6 Å². The van der Waals surface area contributed by atoms with Crippen LogP contribution in [0.15, 0.2) is 12.1 Å². The average Bonchev–Trinajstić information content (AvgIpc) is 2.49. The van der Waals surface area contributed by atoms with Gasteiger partial charge in [-0.1, -0.05) is 26.1 Å². The van der Waals surface area contributed by atoms with Gasteiger partial charge in [-0.25, -0.2) is 0 Å². The molecule has 0 heterocycles. The lowest BCUT2D eigenvalue weighted by Crippen LogP contribution is -2.26. The average molecular weight is 354 g/mol. The van der Waals surface area contributed by atoms with E-state index in [1.54, 1.807) is 10.4 Å². The standard InChI is InChI=1S/C13H14N4O4S2/c1-4-15(23-8(2)3)13(22)12-9(7-14)5-10(16(18)19)6-11(12)17(20)21/h5-6,8H,4H2,1-3H3. The molecule has 0 spiro atoms. The zero-order valence-electron chi connectivity index (χ0n) is 12.7. The number of nitro benzene ring substituents is 2. The van der Waals surface area contributed by atoms with Crippen LogP contribution >= 0.6 is 24.2 Å². The molecule has 0 radical (unpaired) electrons. The van der Waals surface area contributed by atoms with Crippen molar-refractivity contribution in [3.8, 4) is 6.07 Å². The summed E-state index contributed by atoms with van der Waals surface area (Å²) in [7, 11) is 0. The van der Waals surface area contributed by atoms with Crippen LogP contribution in [-0.2, 0) is 0 Å². The van der Waals surface area contributed by atoms with Crippen molar-refractivity contribution < 1.29 is 9.85 Å². The van der Waals surface area contributed by atoms with E-state index in [1.807, 2.05) is 20.8 Å². The molecule has 0 bridgehead atoms. The third kappa shape index (κ3) is 4.37. The van der Waals surface area contributed by atoms with E-state index < -0.39 is 21.2 Å². The molecule has 1 aromatic carbocycles. The van der Waals surface area contributed by atoms with Gasteiger partial charge in [0.1, 0.15) is 16.6 Å². The zero-order chi connectivity index (χ0) is 17.7. The van der Waals surface area contributed by atoms with Crippen LogP contribution in [0.3, 0.4) is 0 Å². The maximum absolute atomic E-state index is 11.3. The van der Waals surface area contributed by atoms with Gasteiger partial charge >= 0.3 is 0 Å². The molecule has 23 heavy (non-hydrogen) atoms. The number of nitriles is 1. The highest BCUT2D eigenvalue weighted by molar-refractivity contribution is 7.99. The molecule has 0 unspecified atom stereocenters. The van der Waals surface area contributed by atoms with E-state index in [-0.39, 0.29) is 21.4 Å². The van der Waals surface area contributed by atoms with Crippen LogP contribution in [0.1, 0.15) is 31.9 Å². The van der Waals surface area contributed by atoms with Gasteiger partial charge in [0, 0.05) is 17.9 Å². The Hall–Kier alpha value is -2.25. The van der Waals surface area contributed by atoms with E-state index >= 15 is 0 Å². The van der Waals surface area contributed by atoms with Gasteiger partial charge in [0.25, 0.3) is 11.4 Å². The molecule has 10 heteroatoms. The minimum atomic E-state index is -0.777. The summed E-state index contributed by atoms with van der Waals surface area (Å²) in [6.45, 7) is 6.17. The van der Waals surface area contributed by atoms with Crippen LogP contribution in [0.4, 0.5) is 11.4 Å². The summed E-state index contributed by atoms with van der Waals surface area (Å²) in [5.41, 5.74) is -1.30. The van der Waals surface area contributed by atoms with E-state index in [0.29, 0.717) is 6.54 Å². The predicted octanol–water partition coefficient (Wildman–Crippen LogP) is 3.43. The molecule has 1 rings (SSSR count). The summed E-state index contributed by atoms with van der Waals surface area (Å²) < 4.78 is 1.66. The molecule has 0 N–H and O–H groups in total. The van der Waals surface area contributed by atoms with Gasteiger partial charge in [0.15, 0.2) is 0 Å². The zero-order valence-corrected chi connectivity index (χ0v) is 14.3. The summed E-state index contributed by atoms with van der Waals surface area (Å²) >= 11 is 6.69. The van der Waals surface area contributed by atoms with Gasteiger partial charge in [0.05, 0.1) is 21.5 Å². The SMILES string of the molecule is CCN(SC(C)C)C(=S)c1c(C#N)cc([N+](=O)[O-])cc1[N+](=O)[O-]. The summed E-state index contributed by atoms with van der Waals surface area (Å²) in [5, 5.41) is 31.6. The Morgan fingerprint density at radius 2 is 2.00 bits per heavy atom. The van der Waals surface area contributed by atoms with Crippen molar-refractivity contribution in [2.45, 2.75) is 26.0 Å². The number of non-ortho nitro benzene ring substituents is 1. The van der Waals surface area contributed by atoms with Gasteiger partial charge < -0.3 is 4.31 Å². The van der Waals surface area contributed by atoms with Gasteiger partial charge in [-0.3, -0.25) is 20.2 Å². The first kappa shape index (κ1) is 18.8. The molecular formula is C13H14N4O4S2. The Labute approximate surface area is 142 Å². The molecule has 0 saturated heterocycles. The molecule has 8 nitrogen and oxygen atoms in total. The van der Waals surface area contributed by atoms with Crippen molar-refractivity contribution in [3.05, 3.63) is 43.5 Å². The van der Waals surface area contributed by atoms with Crippen LogP contribution in [0.25, 0.3) is 0 Å². The largest absolute Gasteiger partial charge is 0.306 e. The number of hydrogen-bond acceptors (Lipinski definition) is 7. The molecule has 0 aliphatic rings. The maximum atomic E-state index is 11.3. The molecule has 0 aliphatic heterocycles. The topological polar surface area (TPSA) is 113 Å². The Bertz CT molecular complexity index is 700. The van der Waals surface area contributed by atoms with Crippen molar-refractivity contribution >= 4 is 40.5 Å². The monoisotopic (exact) mass is 354 g/mol. The lowest BCUT2D eigenvalue weighted by atomic mass is 10.0. The second-order valence-electron chi connectivity index (χ2n) is 4.67. The first-order chi connectivity index (χ1) is 10.7. The van der Waals surface area contributed by atoms with Crippen molar-refractivity contribution in [2.24, 2.45) is 0 Å². The minimum Gasteiger partial charge on any atom is -0.306 e. The lowest BCUT2D eigenvalue weighted by molar-refractivity contribution is -0.394. The second-order valence-corrected chi connectivity index (χ2v) is 6.65. The van der Waals surface area contributed by atoms with E-state index in [9.17, 15) is 25.5 Å². The molecule has 0 saturated carbocycles. The predicted molar refractivity (Wildman–Crippen MR) is 91.3 cm³/mol. The second kappa shape index (κ2) is 7.85. The van der Waals surface area contributed by atoms with E-state index in [2.05, 4.69) is 0 Å². The molecule has 0 fully saturated rings. The quantitative estimate of drug-likeness (QED) is 0.330. The number of hydrogen-bond donors (Lipinski definition) is 0. The Balaban J connectivity index is 3.55. The van der Waals surface area contributed by atoms with Crippen molar-refractivity contribution in [2.75, 3.05) is 6.54 Å². The molecular weight excluding hydrogens is 340 g/mol. The summed E-state index contributed by atoms with van der Waals surface area (Å²) in [6.07, 6.45) is 0. The summed E-state index contributed by atoms with van der Waals surface area (Å²) in [5.74, 6) is 0. The maximum Gasteiger partial charge on any atom is 0.287 e. The first-order valence-electron chi connectivity index (χ1n) is 6.58. The summed E-state index contributed by atoms with van der Waals surface area (Å²) in [6, 6.07) is 3.60. The lowest BCUT2D eigenvalue weighted by Gasteiger charge is -2.24. The fourth-order valence-electron chi connectivity index (χ4n) is 1.82. The van der Waals surface area contributed by atoms with E-state index in [4.69, 9.17) is 12.2 Å². The van der Waals surface area contributed by atoms with Crippen LogP contribution in [0.2, 0.25) is 0 Å². The highest BCUT2D eigenvalue weighted by Crippen LogP contribution is 2.32. The van der Waals surface area contributed by atoms with Crippen molar-refractivity contribution in [3.63, 3.8) is 0 Å².